The van der Waals surface area contributed by atoms with Gasteiger partial charge in [0.1, 0.15) is 5.75 Å². The van der Waals surface area contributed by atoms with Gasteiger partial charge in [0.15, 0.2) is 0 Å². The quantitative estimate of drug-likeness (QED) is 0.767. The molecule has 1 heterocycles. The smallest absolute Gasteiger partial charge is 0.117 e. The fraction of sp³-hybridized carbons (Fsp3) is 0.200. The van der Waals surface area contributed by atoms with Gasteiger partial charge in [-0.05, 0) is 47.5 Å². The van der Waals surface area contributed by atoms with Crippen LogP contribution in [0.4, 0.5) is 0 Å². The summed E-state index contributed by atoms with van der Waals surface area (Å²) in [5, 5.41) is 12.6. The highest BCUT2D eigenvalue weighted by molar-refractivity contribution is 7.17. The number of phenolic OH excluding ortho intramolecular Hbond substituents is 1. The first kappa shape index (κ1) is 8.53. The molecule has 1 aromatic carbocycles. The zero-order valence-corrected chi connectivity index (χ0v) is 7.97. The maximum Gasteiger partial charge on any atom is 0.117 e. The molecule has 2 rings (SSSR count). The fourth-order valence-electron chi connectivity index (χ4n) is 1.42. The Morgan fingerprint density at radius 2 is 2.23 bits per heavy atom. The van der Waals surface area contributed by atoms with Crippen molar-refractivity contribution < 1.29 is 5.11 Å². The second-order valence-corrected chi connectivity index (χ2v) is 3.89. The minimum absolute atomic E-state index is 0.327. The van der Waals surface area contributed by atoms with Crippen molar-refractivity contribution >= 4 is 21.4 Å². The monoisotopic (exact) mass is 193 g/mol. The molecule has 0 saturated carbocycles. The average Bonchev–Trinajstić information content (AvgIpc) is 2.49. The van der Waals surface area contributed by atoms with Crippen LogP contribution in [-0.4, -0.2) is 11.7 Å². The van der Waals surface area contributed by atoms with Gasteiger partial charge in [-0.1, -0.05) is 0 Å². The van der Waals surface area contributed by atoms with Crippen molar-refractivity contribution in [2.45, 2.75) is 6.42 Å². The Bertz CT molecular complexity index is 422. The topological polar surface area (TPSA) is 46.2 Å². The van der Waals surface area contributed by atoms with Crippen LogP contribution in [0.25, 0.3) is 10.1 Å². The van der Waals surface area contributed by atoms with E-state index in [9.17, 15) is 5.11 Å². The maximum atomic E-state index is 9.25. The molecule has 0 spiro atoms. The second kappa shape index (κ2) is 3.36. The number of phenols is 1. The summed E-state index contributed by atoms with van der Waals surface area (Å²) in [6.07, 6.45) is 0.908. The standard InChI is InChI=1S/C10H11NOS/c11-4-3-7-6-13-10-5-8(12)1-2-9(7)10/h1-2,5-6,12H,3-4,11H2. The summed E-state index contributed by atoms with van der Waals surface area (Å²) < 4.78 is 1.13. The van der Waals surface area contributed by atoms with Crippen LogP contribution in [0.5, 0.6) is 5.75 Å². The molecule has 0 fully saturated rings. The Labute approximate surface area is 80.6 Å². The molecule has 0 radical (unpaired) electrons. The van der Waals surface area contributed by atoms with Crippen LogP contribution in [-0.2, 0) is 6.42 Å². The molecule has 2 nitrogen and oxygen atoms in total. The number of rotatable bonds is 2. The first-order chi connectivity index (χ1) is 6.31. The van der Waals surface area contributed by atoms with Gasteiger partial charge >= 0.3 is 0 Å². The van der Waals surface area contributed by atoms with E-state index in [1.807, 2.05) is 6.07 Å². The molecule has 0 saturated heterocycles. The number of nitrogens with two attached hydrogens (primary N) is 1. The second-order valence-electron chi connectivity index (χ2n) is 2.98. The normalized spacial score (nSPS) is 10.8. The van der Waals surface area contributed by atoms with Crippen LogP contribution in [0.15, 0.2) is 23.6 Å². The van der Waals surface area contributed by atoms with E-state index in [1.165, 1.54) is 10.9 Å². The third-order valence-electron chi connectivity index (χ3n) is 2.05. The largest absolute Gasteiger partial charge is 0.508 e. The summed E-state index contributed by atoms with van der Waals surface area (Å²) in [5.74, 6) is 0.327. The molecule has 68 valence electrons. The lowest BCUT2D eigenvalue weighted by Gasteiger charge is -1.96. The van der Waals surface area contributed by atoms with Crippen molar-refractivity contribution in [1.82, 2.24) is 0 Å². The van der Waals surface area contributed by atoms with Crippen molar-refractivity contribution in [3.05, 3.63) is 29.1 Å². The number of hydrogen-bond donors (Lipinski definition) is 2. The van der Waals surface area contributed by atoms with Crippen molar-refractivity contribution in [3.63, 3.8) is 0 Å². The molecule has 0 bridgehead atoms. The Balaban J connectivity index is 2.55. The summed E-state index contributed by atoms with van der Waals surface area (Å²) >= 11 is 1.65. The van der Waals surface area contributed by atoms with Crippen LogP contribution in [0, 0.1) is 0 Å². The van der Waals surface area contributed by atoms with Crippen LogP contribution < -0.4 is 5.73 Å². The van der Waals surface area contributed by atoms with E-state index in [1.54, 1.807) is 23.5 Å². The predicted octanol–water partition coefficient (Wildman–Crippen LogP) is 2.11. The highest BCUT2D eigenvalue weighted by atomic mass is 32.1. The molecule has 2 aromatic rings. The van der Waals surface area contributed by atoms with Gasteiger partial charge in [-0.15, -0.1) is 11.3 Å². The summed E-state index contributed by atoms with van der Waals surface area (Å²) in [7, 11) is 0. The van der Waals surface area contributed by atoms with E-state index >= 15 is 0 Å². The third kappa shape index (κ3) is 1.53. The SMILES string of the molecule is NCCc1csc2cc(O)ccc12. The molecule has 3 N–H and O–H groups in total. The van der Waals surface area contributed by atoms with Crippen LogP contribution >= 0.6 is 11.3 Å². The summed E-state index contributed by atoms with van der Waals surface area (Å²) in [6, 6.07) is 5.46. The Hall–Kier alpha value is -1.06. The molecule has 0 aliphatic rings. The van der Waals surface area contributed by atoms with Gasteiger partial charge in [-0.2, -0.15) is 0 Å². The molecule has 0 atom stereocenters. The molecule has 0 unspecified atom stereocenters. The summed E-state index contributed by atoms with van der Waals surface area (Å²) in [4.78, 5) is 0. The molecule has 3 heteroatoms. The fourth-order valence-corrected chi connectivity index (χ4v) is 2.45. The maximum absolute atomic E-state index is 9.25. The predicted molar refractivity (Wildman–Crippen MR) is 56.2 cm³/mol. The zero-order chi connectivity index (χ0) is 9.26. The molecule has 1 aromatic heterocycles. The van der Waals surface area contributed by atoms with E-state index in [0.29, 0.717) is 12.3 Å². The van der Waals surface area contributed by atoms with Crippen molar-refractivity contribution in [3.8, 4) is 5.75 Å². The van der Waals surface area contributed by atoms with E-state index in [2.05, 4.69) is 5.38 Å². The number of thiophene rings is 1. The highest BCUT2D eigenvalue weighted by Gasteiger charge is 2.03. The zero-order valence-electron chi connectivity index (χ0n) is 7.16. The molecular weight excluding hydrogens is 182 g/mol. The van der Waals surface area contributed by atoms with E-state index in [4.69, 9.17) is 5.73 Å². The Kier molecular flexibility index (Phi) is 2.20. The van der Waals surface area contributed by atoms with E-state index in [-0.39, 0.29) is 0 Å². The van der Waals surface area contributed by atoms with Gasteiger partial charge in [0.05, 0.1) is 0 Å². The summed E-state index contributed by atoms with van der Waals surface area (Å²) in [6.45, 7) is 0.673. The average molecular weight is 193 g/mol. The molecule has 13 heavy (non-hydrogen) atoms. The number of benzene rings is 1. The minimum atomic E-state index is 0.327. The molecule has 0 aliphatic carbocycles. The van der Waals surface area contributed by atoms with Crippen LogP contribution in [0.1, 0.15) is 5.56 Å². The third-order valence-corrected chi connectivity index (χ3v) is 3.05. The van der Waals surface area contributed by atoms with Crippen molar-refractivity contribution in [2.75, 3.05) is 6.54 Å². The van der Waals surface area contributed by atoms with Gasteiger partial charge in [0, 0.05) is 4.70 Å². The van der Waals surface area contributed by atoms with Gasteiger partial charge in [0.2, 0.25) is 0 Å². The number of aromatic hydroxyl groups is 1. The van der Waals surface area contributed by atoms with Gasteiger partial charge in [0.25, 0.3) is 0 Å². The first-order valence-corrected chi connectivity index (χ1v) is 5.08. The lowest BCUT2D eigenvalue weighted by atomic mass is 10.1. The van der Waals surface area contributed by atoms with Gasteiger partial charge in [-0.3, -0.25) is 0 Å². The highest BCUT2D eigenvalue weighted by Crippen LogP contribution is 2.29. The molecular formula is C10H11NOS. The number of fused-ring (bicyclic) bond motifs is 1. The van der Waals surface area contributed by atoms with E-state index in [0.717, 1.165) is 11.1 Å². The van der Waals surface area contributed by atoms with Gasteiger partial charge in [-0.25, -0.2) is 0 Å². The van der Waals surface area contributed by atoms with Crippen molar-refractivity contribution in [2.24, 2.45) is 5.73 Å². The first-order valence-electron chi connectivity index (χ1n) is 4.20. The lowest BCUT2D eigenvalue weighted by Crippen LogP contribution is -2.01. The molecule has 0 aliphatic heterocycles. The van der Waals surface area contributed by atoms with Crippen LogP contribution in [0.2, 0.25) is 0 Å². The van der Waals surface area contributed by atoms with E-state index < -0.39 is 0 Å². The Morgan fingerprint density at radius 1 is 1.38 bits per heavy atom. The van der Waals surface area contributed by atoms with Gasteiger partial charge < -0.3 is 10.8 Å². The van der Waals surface area contributed by atoms with Crippen molar-refractivity contribution in [1.29, 1.82) is 0 Å². The Morgan fingerprint density at radius 3 is 3.00 bits per heavy atom. The minimum Gasteiger partial charge on any atom is -0.508 e. The van der Waals surface area contributed by atoms with Crippen LogP contribution in [0.3, 0.4) is 0 Å². The number of hydrogen-bond acceptors (Lipinski definition) is 3. The molecule has 0 amide bonds. The summed E-state index contributed by atoms with van der Waals surface area (Å²) in [5.41, 5.74) is 6.78. The lowest BCUT2D eigenvalue weighted by molar-refractivity contribution is 0.476.